The van der Waals surface area contributed by atoms with Gasteiger partial charge in [-0.15, -0.1) is 0 Å². The lowest BCUT2D eigenvalue weighted by Crippen LogP contribution is -2.31. The van der Waals surface area contributed by atoms with Gasteiger partial charge in [0.15, 0.2) is 0 Å². The van der Waals surface area contributed by atoms with Crippen LogP contribution in [-0.2, 0) is 20.1 Å². The zero-order valence-electron chi connectivity index (χ0n) is 20.6. The maximum Gasteiger partial charge on any atom is 0.272 e. The molecule has 0 N–H and O–H groups in total. The summed E-state index contributed by atoms with van der Waals surface area (Å²) in [7, 11) is 5.03. The van der Waals surface area contributed by atoms with Crippen LogP contribution in [0.5, 0.6) is 17.2 Å². The maximum atomic E-state index is 13.8. The summed E-state index contributed by atoms with van der Waals surface area (Å²) in [5.41, 5.74) is 3.29. The van der Waals surface area contributed by atoms with Crippen molar-refractivity contribution in [3.05, 3.63) is 69.5 Å². The molecule has 0 aliphatic rings. The molecular weight excluding hydrogens is 498 g/mol. The van der Waals surface area contributed by atoms with Crippen LogP contribution in [0.2, 0.25) is 0 Å². The lowest BCUT2D eigenvalue weighted by molar-refractivity contribution is 0.0717. The van der Waals surface area contributed by atoms with Crippen molar-refractivity contribution in [2.24, 2.45) is 7.05 Å². The molecule has 1 aromatic heterocycles. The summed E-state index contributed by atoms with van der Waals surface area (Å²) < 4.78 is 19.1. The highest BCUT2D eigenvalue weighted by Crippen LogP contribution is 2.29. The molecule has 0 spiro atoms. The Labute approximate surface area is 209 Å². The largest absolute Gasteiger partial charge is 0.497 e. The molecule has 0 atom stereocenters. The van der Waals surface area contributed by atoms with Crippen molar-refractivity contribution in [3.8, 4) is 17.2 Å². The average molecular weight is 530 g/mol. The lowest BCUT2D eigenvalue weighted by Gasteiger charge is -2.24. The van der Waals surface area contributed by atoms with Crippen molar-refractivity contribution in [3.63, 3.8) is 0 Å². The summed E-state index contributed by atoms with van der Waals surface area (Å²) in [6, 6.07) is 13.4. The van der Waals surface area contributed by atoms with E-state index in [2.05, 4.69) is 34.9 Å². The Kier molecular flexibility index (Phi) is 8.61. The number of aryl methyl sites for hydroxylation is 1. The molecule has 0 radical (unpaired) electrons. The minimum Gasteiger partial charge on any atom is -0.497 e. The van der Waals surface area contributed by atoms with Gasteiger partial charge in [-0.3, -0.25) is 9.48 Å². The van der Waals surface area contributed by atoms with E-state index in [4.69, 9.17) is 14.2 Å². The van der Waals surface area contributed by atoms with Gasteiger partial charge in [0.2, 0.25) is 0 Å². The first kappa shape index (κ1) is 25.6. The van der Waals surface area contributed by atoms with Crippen molar-refractivity contribution >= 4 is 21.8 Å². The van der Waals surface area contributed by atoms with Gasteiger partial charge in [-0.2, -0.15) is 5.10 Å². The number of nitrogens with zero attached hydrogens (tertiary/aromatic N) is 3. The van der Waals surface area contributed by atoms with Crippen molar-refractivity contribution < 1.29 is 19.0 Å². The number of ether oxygens (including phenoxy) is 3. The Bertz CT molecular complexity index is 1140. The zero-order valence-corrected chi connectivity index (χ0v) is 22.2. The van der Waals surface area contributed by atoms with Crippen LogP contribution in [-0.4, -0.2) is 41.4 Å². The van der Waals surface area contributed by atoms with E-state index >= 15 is 0 Å². The third kappa shape index (κ3) is 5.91. The van der Waals surface area contributed by atoms with Gasteiger partial charge in [-0.05, 0) is 64.7 Å². The number of benzene rings is 2. The third-order valence-electron chi connectivity index (χ3n) is 5.52. The molecular formula is C26H32BrN3O4. The van der Waals surface area contributed by atoms with E-state index in [1.807, 2.05) is 49.4 Å². The molecule has 7 nitrogen and oxygen atoms in total. The van der Waals surface area contributed by atoms with E-state index < -0.39 is 0 Å². The number of rotatable bonds is 10. The van der Waals surface area contributed by atoms with Crippen LogP contribution in [0.15, 0.2) is 46.9 Å². The molecule has 0 bridgehead atoms. The second-order valence-electron chi connectivity index (χ2n) is 8.27. The molecule has 0 aliphatic heterocycles. The van der Waals surface area contributed by atoms with Crippen LogP contribution in [0.1, 0.15) is 54.0 Å². The Morgan fingerprint density at radius 3 is 2.41 bits per heavy atom. The van der Waals surface area contributed by atoms with Gasteiger partial charge in [0, 0.05) is 25.2 Å². The first-order valence-electron chi connectivity index (χ1n) is 11.2. The minimum atomic E-state index is -0.107. The van der Waals surface area contributed by atoms with Crippen molar-refractivity contribution in [2.75, 3.05) is 20.8 Å². The van der Waals surface area contributed by atoms with Crippen LogP contribution in [0.25, 0.3) is 0 Å². The molecule has 8 heteroatoms. The van der Waals surface area contributed by atoms with Crippen molar-refractivity contribution in [1.29, 1.82) is 0 Å². The number of aromatic nitrogens is 2. The molecule has 0 fully saturated rings. The smallest absolute Gasteiger partial charge is 0.272 e. The van der Waals surface area contributed by atoms with Crippen LogP contribution in [0.3, 0.4) is 0 Å². The highest BCUT2D eigenvalue weighted by Gasteiger charge is 2.23. The molecule has 0 saturated carbocycles. The Morgan fingerprint density at radius 1 is 1.06 bits per heavy atom. The molecule has 2 aromatic carbocycles. The van der Waals surface area contributed by atoms with E-state index in [9.17, 15) is 4.79 Å². The van der Waals surface area contributed by atoms with E-state index in [0.717, 1.165) is 27.0 Å². The standard InChI is InChI=1S/C26H32BrN3O4/c1-7-34-24-11-8-18(12-21(24)27)15-30(16-19-9-10-20(32-5)13-25(19)33-6)26(31)23-14-22(17(2)3)28-29(23)4/h8-14,17H,7,15-16H2,1-6H3. The van der Waals surface area contributed by atoms with Crippen LogP contribution in [0, 0.1) is 0 Å². The molecule has 34 heavy (non-hydrogen) atoms. The number of amides is 1. The Balaban J connectivity index is 1.98. The van der Waals surface area contributed by atoms with Gasteiger partial charge >= 0.3 is 0 Å². The summed E-state index contributed by atoms with van der Waals surface area (Å²) >= 11 is 3.58. The van der Waals surface area contributed by atoms with E-state index in [1.54, 1.807) is 30.8 Å². The highest BCUT2D eigenvalue weighted by molar-refractivity contribution is 9.10. The molecule has 1 heterocycles. The van der Waals surface area contributed by atoms with Gasteiger partial charge in [-0.1, -0.05) is 19.9 Å². The second kappa shape index (κ2) is 11.4. The lowest BCUT2D eigenvalue weighted by atomic mass is 10.1. The van der Waals surface area contributed by atoms with E-state index in [1.165, 1.54) is 0 Å². The van der Waals surface area contributed by atoms with E-state index in [-0.39, 0.29) is 11.8 Å². The first-order chi connectivity index (χ1) is 16.3. The van der Waals surface area contributed by atoms with Crippen molar-refractivity contribution in [2.45, 2.75) is 39.8 Å². The van der Waals surface area contributed by atoms with E-state index in [0.29, 0.717) is 36.9 Å². The maximum absolute atomic E-state index is 13.8. The normalized spacial score (nSPS) is 10.9. The van der Waals surface area contributed by atoms with Crippen LogP contribution in [0.4, 0.5) is 0 Å². The van der Waals surface area contributed by atoms with Gasteiger partial charge in [0.25, 0.3) is 5.91 Å². The monoisotopic (exact) mass is 529 g/mol. The fraction of sp³-hybridized carbons (Fsp3) is 0.385. The molecule has 0 unspecified atom stereocenters. The predicted octanol–water partition coefficient (Wildman–Crippen LogP) is 5.56. The number of hydrogen-bond donors (Lipinski definition) is 0. The number of hydrogen-bond acceptors (Lipinski definition) is 5. The zero-order chi connectivity index (χ0) is 24.8. The molecule has 1 amide bonds. The summed E-state index contributed by atoms with van der Waals surface area (Å²) in [6.07, 6.45) is 0. The van der Waals surface area contributed by atoms with Gasteiger partial charge in [-0.25, -0.2) is 0 Å². The fourth-order valence-electron chi connectivity index (χ4n) is 3.66. The number of methoxy groups -OCH3 is 2. The third-order valence-corrected chi connectivity index (χ3v) is 6.14. The minimum absolute atomic E-state index is 0.107. The number of carbonyl (C=O) groups is 1. The van der Waals surface area contributed by atoms with Gasteiger partial charge < -0.3 is 19.1 Å². The van der Waals surface area contributed by atoms with Crippen molar-refractivity contribution in [1.82, 2.24) is 14.7 Å². The molecule has 0 saturated heterocycles. The summed E-state index contributed by atoms with van der Waals surface area (Å²) in [6.45, 7) is 7.42. The summed E-state index contributed by atoms with van der Waals surface area (Å²) in [5, 5.41) is 4.53. The molecule has 3 rings (SSSR count). The van der Waals surface area contributed by atoms with Gasteiger partial charge in [0.1, 0.15) is 22.9 Å². The fourth-order valence-corrected chi connectivity index (χ4v) is 4.20. The second-order valence-corrected chi connectivity index (χ2v) is 9.12. The summed E-state index contributed by atoms with van der Waals surface area (Å²) in [5.74, 6) is 2.25. The predicted molar refractivity (Wildman–Crippen MR) is 136 cm³/mol. The molecule has 0 aliphatic carbocycles. The molecule has 3 aromatic rings. The first-order valence-corrected chi connectivity index (χ1v) is 12.0. The summed E-state index contributed by atoms with van der Waals surface area (Å²) in [4.78, 5) is 15.5. The Hall–Kier alpha value is -3.00. The SMILES string of the molecule is CCOc1ccc(CN(Cc2ccc(OC)cc2OC)C(=O)c2cc(C(C)C)nn2C)cc1Br. The number of halogens is 1. The molecule has 182 valence electrons. The Morgan fingerprint density at radius 2 is 1.82 bits per heavy atom. The van der Waals surface area contributed by atoms with Gasteiger partial charge in [0.05, 0.1) is 37.5 Å². The van der Waals surface area contributed by atoms with Crippen LogP contribution < -0.4 is 14.2 Å². The highest BCUT2D eigenvalue weighted by atomic mass is 79.9. The quantitative estimate of drug-likeness (QED) is 0.343. The van der Waals surface area contributed by atoms with Crippen LogP contribution >= 0.6 is 15.9 Å². The average Bonchev–Trinajstić information content (AvgIpc) is 3.22. The topological polar surface area (TPSA) is 65.8 Å². The number of carbonyl (C=O) groups excluding carboxylic acids is 1.